The van der Waals surface area contributed by atoms with Crippen LogP contribution in [0.5, 0.6) is 0 Å². The summed E-state index contributed by atoms with van der Waals surface area (Å²) in [6.45, 7) is 0.707. The fourth-order valence-corrected chi connectivity index (χ4v) is 3.96. The lowest BCUT2D eigenvalue weighted by molar-refractivity contribution is -0.141. The zero-order valence-corrected chi connectivity index (χ0v) is 12.9. The van der Waals surface area contributed by atoms with Gasteiger partial charge in [0.1, 0.15) is 0 Å². The first-order valence-corrected chi connectivity index (χ1v) is 8.19. The lowest BCUT2D eigenvalue weighted by Crippen LogP contribution is -2.34. The molecule has 2 unspecified atom stereocenters. The van der Waals surface area contributed by atoms with E-state index in [0.717, 1.165) is 17.5 Å². The molecule has 23 heavy (non-hydrogen) atoms. The molecule has 1 fully saturated rings. The Balaban J connectivity index is 1.62. The number of nitrogens with zero attached hydrogens (tertiary/aromatic N) is 1. The van der Waals surface area contributed by atoms with Gasteiger partial charge in [-0.15, -0.1) is 0 Å². The zero-order valence-electron chi connectivity index (χ0n) is 12.9. The highest BCUT2D eigenvalue weighted by atomic mass is 16.4. The maximum Gasteiger partial charge on any atom is 0.306 e. The second kappa shape index (κ2) is 5.37. The van der Waals surface area contributed by atoms with Gasteiger partial charge in [0.2, 0.25) is 5.91 Å². The molecular weight excluding hydrogens is 290 g/mol. The molecule has 0 radical (unpaired) electrons. The van der Waals surface area contributed by atoms with Gasteiger partial charge in [0.25, 0.3) is 0 Å². The lowest BCUT2D eigenvalue weighted by Gasteiger charge is -2.21. The Morgan fingerprint density at radius 1 is 1.04 bits per heavy atom. The van der Waals surface area contributed by atoms with Gasteiger partial charge < -0.3 is 10.0 Å². The Bertz CT molecular complexity index is 798. The summed E-state index contributed by atoms with van der Waals surface area (Å²) in [5.41, 5.74) is 2.22. The van der Waals surface area contributed by atoms with Crippen LogP contribution in [0.15, 0.2) is 36.4 Å². The van der Waals surface area contributed by atoms with Crippen molar-refractivity contribution >= 4 is 28.3 Å². The topological polar surface area (TPSA) is 57.6 Å². The molecule has 0 saturated heterocycles. The molecule has 1 aliphatic heterocycles. The van der Waals surface area contributed by atoms with Crippen molar-refractivity contribution in [2.75, 3.05) is 11.4 Å². The fraction of sp³-hybridized carbons (Fsp3) is 0.368. The van der Waals surface area contributed by atoms with E-state index in [2.05, 4.69) is 24.3 Å². The minimum absolute atomic E-state index is 0.0998. The van der Waals surface area contributed by atoms with Crippen molar-refractivity contribution in [3.63, 3.8) is 0 Å². The van der Waals surface area contributed by atoms with Gasteiger partial charge in [-0.3, -0.25) is 9.59 Å². The normalized spacial score (nSPS) is 23.2. The summed E-state index contributed by atoms with van der Waals surface area (Å²) in [5.74, 6) is -1.17. The molecule has 1 heterocycles. The van der Waals surface area contributed by atoms with Gasteiger partial charge in [-0.25, -0.2) is 0 Å². The molecule has 2 aromatic carbocycles. The molecule has 2 aliphatic rings. The number of rotatable bonds is 2. The predicted octanol–water partition coefficient (Wildman–Crippen LogP) is 3.23. The SMILES string of the molecule is O=C(O)C1CCC(C(=O)N2CCc3cc4ccccc4cc32)C1. The summed E-state index contributed by atoms with van der Waals surface area (Å²) in [5, 5.41) is 11.5. The second-order valence-electron chi connectivity index (χ2n) is 6.61. The molecule has 0 aromatic heterocycles. The van der Waals surface area contributed by atoms with Crippen molar-refractivity contribution in [2.24, 2.45) is 11.8 Å². The molecule has 1 saturated carbocycles. The summed E-state index contributed by atoms with van der Waals surface area (Å²) in [7, 11) is 0. The van der Waals surface area contributed by atoms with Crippen LogP contribution in [0, 0.1) is 11.8 Å². The van der Waals surface area contributed by atoms with Crippen molar-refractivity contribution < 1.29 is 14.7 Å². The van der Waals surface area contributed by atoms with Gasteiger partial charge in [0.05, 0.1) is 5.92 Å². The number of anilines is 1. The van der Waals surface area contributed by atoms with Crippen LogP contribution in [0.1, 0.15) is 24.8 Å². The van der Waals surface area contributed by atoms with Crippen LogP contribution >= 0.6 is 0 Å². The third kappa shape index (κ3) is 2.38. The maximum absolute atomic E-state index is 12.8. The van der Waals surface area contributed by atoms with E-state index in [1.807, 2.05) is 17.0 Å². The highest BCUT2D eigenvalue weighted by Crippen LogP contribution is 2.37. The van der Waals surface area contributed by atoms with E-state index in [-0.39, 0.29) is 17.7 Å². The van der Waals surface area contributed by atoms with Crippen LogP contribution < -0.4 is 4.90 Å². The molecular formula is C19H19NO3. The molecule has 0 bridgehead atoms. The van der Waals surface area contributed by atoms with E-state index in [1.54, 1.807) is 0 Å². The summed E-state index contributed by atoms with van der Waals surface area (Å²) in [6.07, 6.45) is 2.66. The molecule has 0 spiro atoms. The summed E-state index contributed by atoms with van der Waals surface area (Å²) in [4.78, 5) is 25.8. The van der Waals surface area contributed by atoms with Gasteiger partial charge >= 0.3 is 5.97 Å². The van der Waals surface area contributed by atoms with Crippen LogP contribution in [-0.2, 0) is 16.0 Å². The Kier molecular flexibility index (Phi) is 3.33. The van der Waals surface area contributed by atoms with Crippen molar-refractivity contribution in [3.8, 4) is 0 Å². The van der Waals surface area contributed by atoms with Crippen LogP contribution in [0.3, 0.4) is 0 Å². The Labute approximate surface area is 134 Å². The molecule has 4 nitrogen and oxygen atoms in total. The van der Waals surface area contributed by atoms with Crippen molar-refractivity contribution in [2.45, 2.75) is 25.7 Å². The average molecular weight is 309 g/mol. The number of carboxylic acids is 1. The lowest BCUT2D eigenvalue weighted by atomic mass is 10.0. The molecule has 4 rings (SSSR count). The minimum Gasteiger partial charge on any atom is -0.481 e. The van der Waals surface area contributed by atoms with E-state index in [9.17, 15) is 9.59 Å². The van der Waals surface area contributed by atoms with E-state index < -0.39 is 5.97 Å². The standard InChI is InChI=1S/C19H19NO3/c21-18(15-5-6-16(10-15)19(22)23)20-8-7-14-9-12-3-1-2-4-13(12)11-17(14)20/h1-4,9,11,15-16H,5-8,10H2,(H,22,23). The number of carbonyl (C=O) groups is 2. The minimum atomic E-state index is -0.770. The number of carboxylic acid groups (broad SMARTS) is 1. The molecule has 2 aromatic rings. The largest absolute Gasteiger partial charge is 0.481 e. The number of aliphatic carboxylic acids is 1. The maximum atomic E-state index is 12.8. The molecule has 1 amide bonds. The fourth-order valence-electron chi connectivity index (χ4n) is 3.96. The molecule has 4 heteroatoms. The quantitative estimate of drug-likeness (QED) is 0.926. The van der Waals surface area contributed by atoms with Crippen molar-refractivity contribution in [1.29, 1.82) is 0 Å². The summed E-state index contributed by atoms with van der Waals surface area (Å²) < 4.78 is 0. The number of carbonyl (C=O) groups excluding carboxylic acids is 1. The third-order valence-electron chi connectivity index (χ3n) is 5.24. The Morgan fingerprint density at radius 3 is 2.43 bits per heavy atom. The van der Waals surface area contributed by atoms with Crippen LogP contribution in [0.4, 0.5) is 5.69 Å². The van der Waals surface area contributed by atoms with E-state index in [0.29, 0.717) is 25.8 Å². The molecule has 118 valence electrons. The highest BCUT2D eigenvalue weighted by molar-refractivity contribution is 6.00. The monoisotopic (exact) mass is 309 g/mol. The second-order valence-corrected chi connectivity index (χ2v) is 6.61. The van der Waals surface area contributed by atoms with Crippen LogP contribution in [0.25, 0.3) is 10.8 Å². The van der Waals surface area contributed by atoms with Crippen LogP contribution in [0.2, 0.25) is 0 Å². The van der Waals surface area contributed by atoms with E-state index >= 15 is 0 Å². The number of fused-ring (bicyclic) bond motifs is 2. The predicted molar refractivity (Wildman–Crippen MR) is 88.5 cm³/mol. The highest BCUT2D eigenvalue weighted by Gasteiger charge is 2.37. The van der Waals surface area contributed by atoms with E-state index in [1.165, 1.54) is 10.9 Å². The van der Waals surface area contributed by atoms with Gasteiger partial charge in [-0.05, 0) is 54.2 Å². The molecule has 1 aliphatic carbocycles. The summed E-state index contributed by atoms with van der Waals surface area (Å²) in [6, 6.07) is 12.5. The van der Waals surface area contributed by atoms with Gasteiger partial charge in [-0.2, -0.15) is 0 Å². The average Bonchev–Trinajstić information content (AvgIpc) is 3.19. The van der Waals surface area contributed by atoms with Crippen LogP contribution in [-0.4, -0.2) is 23.5 Å². The van der Waals surface area contributed by atoms with Crippen molar-refractivity contribution in [3.05, 3.63) is 42.0 Å². The first kappa shape index (κ1) is 14.2. The number of benzene rings is 2. The summed E-state index contributed by atoms with van der Waals surface area (Å²) >= 11 is 0. The zero-order chi connectivity index (χ0) is 16.0. The van der Waals surface area contributed by atoms with Crippen molar-refractivity contribution in [1.82, 2.24) is 0 Å². The number of hydrogen-bond donors (Lipinski definition) is 1. The third-order valence-corrected chi connectivity index (χ3v) is 5.24. The van der Waals surface area contributed by atoms with Gasteiger partial charge in [0.15, 0.2) is 0 Å². The Morgan fingerprint density at radius 2 is 1.74 bits per heavy atom. The molecule has 1 N–H and O–H groups in total. The number of hydrogen-bond acceptors (Lipinski definition) is 2. The smallest absolute Gasteiger partial charge is 0.306 e. The molecule has 2 atom stereocenters. The van der Waals surface area contributed by atoms with E-state index in [4.69, 9.17) is 5.11 Å². The first-order chi connectivity index (χ1) is 11.1. The first-order valence-electron chi connectivity index (χ1n) is 8.19. The van der Waals surface area contributed by atoms with Gasteiger partial charge in [0, 0.05) is 18.2 Å². The Hall–Kier alpha value is -2.36. The van der Waals surface area contributed by atoms with Gasteiger partial charge in [-0.1, -0.05) is 24.3 Å². The number of amides is 1.